The fourth-order valence-corrected chi connectivity index (χ4v) is 2.40. The Balaban J connectivity index is 2.19. The topological polar surface area (TPSA) is 49.4 Å². The molecule has 0 aromatic heterocycles. The maximum atomic E-state index is 10.1. The summed E-state index contributed by atoms with van der Waals surface area (Å²) in [7, 11) is 0.0382. The summed E-state index contributed by atoms with van der Waals surface area (Å²) in [6.45, 7) is 1.44. The van der Waals surface area contributed by atoms with Crippen molar-refractivity contribution in [1.29, 1.82) is 0 Å². The molecular formula is C6H10O3S. The van der Waals surface area contributed by atoms with E-state index in [9.17, 15) is 9.90 Å². The van der Waals surface area contributed by atoms with E-state index in [0.29, 0.717) is 0 Å². The van der Waals surface area contributed by atoms with Crippen LogP contribution in [0.15, 0.2) is 0 Å². The van der Waals surface area contributed by atoms with Crippen molar-refractivity contribution in [3.8, 4) is 0 Å². The molecule has 0 bridgehead atoms. The monoisotopic (exact) mass is 162 g/mol. The van der Waals surface area contributed by atoms with Gasteiger partial charge in [-0.15, -0.1) is 0 Å². The zero-order valence-electron chi connectivity index (χ0n) is 5.67. The Morgan fingerprint density at radius 1 is 1.50 bits per heavy atom. The normalized spacial score (nSPS) is 20.8. The lowest BCUT2D eigenvalue weighted by Gasteiger charge is -2.14. The summed E-state index contributed by atoms with van der Waals surface area (Å²) in [6, 6.07) is 0. The second-order valence-corrected chi connectivity index (χ2v) is 4.48. The molecule has 0 unspecified atom stereocenters. The lowest BCUT2D eigenvalue weighted by atomic mass is 10.8. The molecule has 1 fully saturated rings. The Labute approximate surface area is 62.7 Å². The molecule has 0 radical (unpaired) electrons. The van der Waals surface area contributed by atoms with Gasteiger partial charge in [-0.3, -0.25) is 0 Å². The van der Waals surface area contributed by atoms with Gasteiger partial charge in [-0.1, -0.05) is 0 Å². The number of aliphatic carboxylic acids is 1. The first kappa shape index (κ1) is 7.88. The van der Waals surface area contributed by atoms with Crippen LogP contribution in [0.5, 0.6) is 0 Å². The van der Waals surface area contributed by atoms with Gasteiger partial charge in [0.05, 0.1) is 19.2 Å². The van der Waals surface area contributed by atoms with E-state index in [4.69, 9.17) is 4.74 Å². The molecule has 3 nitrogen and oxygen atoms in total. The zero-order valence-corrected chi connectivity index (χ0v) is 6.49. The van der Waals surface area contributed by atoms with E-state index in [1.165, 1.54) is 0 Å². The van der Waals surface area contributed by atoms with Gasteiger partial charge >= 0.3 is 0 Å². The van der Waals surface area contributed by atoms with E-state index in [2.05, 4.69) is 0 Å². The van der Waals surface area contributed by atoms with Gasteiger partial charge in [0, 0.05) is 0 Å². The first-order valence-corrected chi connectivity index (χ1v) is 4.94. The molecule has 1 aliphatic heterocycles. The van der Waals surface area contributed by atoms with Crippen molar-refractivity contribution in [3.05, 3.63) is 0 Å². The minimum absolute atomic E-state index is 0.0382. The SMILES string of the molecule is O=C([O-])C[S+]1CCOCC1. The molecule has 1 heterocycles. The lowest BCUT2D eigenvalue weighted by molar-refractivity contribution is -0.301. The maximum absolute atomic E-state index is 10.1. The van der Waals surface area contributed by atoms with Gasteiger partial charge in [0.1, 0.15) is 17.3 Å². The van der Waals surface area contributed by atoms with Crippen LogP contribution < -0.4 is 5.11 Å². The van der Waals surface area contributed by atoms with Crippen LogP contribution in [0.4, 0.5) is 0 Å². The highest BCUT2D eigenvalue weighted by Gasteiger charge is 2.21. The van der Waals surface area contributed by atoms with Gasteiger partial charge < -0.3 is 14.6 Å². The molecule has 0 N–H and O–H groups in total. The van der Waals surface area contributed by atoms with Gasteiger partial charge in [0.15, 0.2) is 0 Å². The van der Waals surface area contributed by atoms with Gasteiger partial charge in [0.25, 0.3) is 0 Å². The van der Waals surface area contributed by atoms with E-state index in [1.54, 1.807) is 0 Å². The second kappa shape index (κ2) is 3.83. The minimum atomic E-state index is -0.926. The molecule has 1 aliphatic rings. The molecular weight excluding hydrogens is 152 g/mol. The first-order valence-electron chi connectivity index (χ1n) is 3.21. The number of carboxylic acid groups (broad SMARTS) is 1. The third-order valence-corrected chi connectivity index (χ3v) is 3.49. The summed E-state index contributed by atoms with van der Waals surface area (Å²) in [6.07, 6.45) is 0. The van der Waals surface area contributed by atoms with Crippen molar-refractivity contribution in [1.82, 2.24) is 0 Å². The summed E-state index contributed by atoms with van der Waals surface area (Å²) in [5.74, 6) is 1.09. The molecule has 0 spiro atoms. The van der Waals surface area contributed by atoms with Crippen LogP contribution >= 0.6 is 0 Å². The fraction of sp³-hybridized carbons (Fsp3) is 0.833. The smallest absolute Gasteiger partial charge is 0.147 e. The Morgan fingerprint density at radius 3 is 2.60 bits per heavy atom. The van der Waals surface area contributed by atoms with Crippen molar-refractivity contribution in [2.24, 2.45) is 0 Å². The number of carbonyl (C=O) groups is 1. The Morgan fingerprint density at radius 2 is 2.10 bits per heavy atom. The van der Waals surface area contributed by atoms with Crippen molar-refractivity contribution in [3.63, 3.8) is 0 Å². The van der Waals surface area contributed by atoms with Gasteiger partial charge in [-0.25, -0.2) is 0 Å². The van der Waals surface area contributed by atoms with Gasteiger partial charge in [0.2, 0.25) is 0 Å². The molecule has 0 aliphatic carbocycles. The molecule has 0 atom stereocenters. The van der Waals surface area contributed by atoms with E-state index < -0.39 is 5.97 Å². The van der Waals surface area contributed by atoms with Crippen molar-refractivity contribution >= 4 is 16.9 Å². The summed E-state index contributed by atoms with van der Waals surface area (Å²) < 4.78 is 5.07. The number of rotatable bonds is 2. The van der Waals surface area contributed by atoms with E-state index in [0.717, 1.165) is 24.7 Å². The highest BCUT2D eigenvalue weighted by molar-refractivity contribution is 7.97. The van der Waals surface area contributed by atoms with Crippen LogP contribution in [0.25, 0.3) is 0 Å². The van der Waals surface area contributed by atoms with E-state index in [-0.39, 0.29) is 16.6 Å². The van der Waals surface area contributed by atoms with Crippen LogP contribution in [0.3, 0.4) is 0 Å². The number of carboxylic acids is 1. The Hall–Kier alpha value is -0.220. The Bertz CT molecular complexity index is 120. The second-order valence-electron chi connectivity index (χ2n) is 2.15. The maximum Gasteiger partial charge on any atom is 0.147 e. The average Bonchev–Trinajstić information content (AvgIpc) is 1.88. The largest absolute Gasteiger partial charge is 0.545 e. The first-order chi connectivity index (χ1) is 4.79. The average molecular weight is 162 g/mol. The summed E-state index contributed by atoms with van der Waals surface area (Å²) in [4.78, 5) is 10.1. The standard InChI is InChI=1S/C6H10O3S/c7-6(8)5-10-3-1-9-2-4-10/h1-5H2. The summed E-state index contributed by atoms with van der Waals surface area (Å²) in [5.41, 5.74) is 0. The summed E-state index contributed by atoms with van der Waals surface area (Å²) >= 11 is 0. The zero-order chi connectivity index (χ0) is 7.40. The van der Waals surface area contributed by atoms with Crippen molar-refractivity contribution in [2.45, 2.75) is 0 Å². The highest BCUT2D eigenvalue weighted by Crippen LogP contribution is 2.02. The third-order valence-electron chi connectivity index (χ3n) is 1.35. The predicted molar refractivity (Wildman–Crippen MR) is 37.8 cm³/mol. The summed E-state index contributed by atoms with van der Waals surface area (Å²) in [5, 5.41) is 10.1. The van der Waals surface area contributed by atoms with Crippen molar-refractivity contribution < 1.29 is 14.6 Å². The molecule has 0 amide bonds. The molecule has 1 rings (SSSR count). The molecule has 0 saturated carbocycles. The number of hydrogen-bond donors (Lipinski definition) is 0. The molecule has 1 saturated heterocycles. The lowest BCUT2D eigenvalue weighted by Crippen LogP contribution is -2.37. The van der Waals surface area contributed by atoms with Crippen LogP contribution in [0, 0.1) is 0 Å². The third kappa shape index (κ3) is 2.58. The van der Waals surface area contributed by atoms with Crippen molar-refractivity contribution in [2.75, 3.05) is 30.5 Å². The van der Waals surface area contributed by atoms with E-state index >= 15 is 0 Å². The number of ether oxygens (including phenoxy) is 1. The fourth-order valence-electron chi connectivity index (χ4n) is 0.869. The highest BCUT2D eigenvalue weighted by atomic mass is 32.2. The van der Waals surface area contributed by atoms with Gasteiger partial charge in [-0.2, -0.15) is 0 Å². The van der Waals surface area contributed by atoms with Crippen LogP contribution in [-0.4, -0.2) is 36.4 Å². The number of carbonyl (C=O) groups excluding carboxylic acids is 1. The minimum Gasteiger partial charge on any atom is -0.545 e. The quantitative estimate of drug-likeness (QED) is 0.459. The molecule has 0 aromatic rings. The van der Waals surface area contributed by atoms with Crippen LogP contribution in [0.2, 0.25) is 0 Å². The predicted octanol–water partition coefficient (Wildman–Crippen LogP) is -1.62. The molecule has 58 valence electrons. The Kier molecular flexibility index (Phi) is 3.02. The molecule has 10 heavy (non-hydrogen) atoms. The van der Waals surface area contributed by atoms with E-state index in [1.807, 2.05) is 0 Å². The number of hydrogen-bond acceptors (Lipinski definition) is 3. The van der Waals surface area contributed by atoms with Gasteiger partial charge in [-0.05, 0) is 10.9 Å². The molecule has 0 aromatic carbocycles. The van der Waals surface area contributed by atoms with Crippen LogP contribution in [-0.2, 0) is 20.4 Å². The van der Waals surface area contributed by atoms with Crippen LogP contribution in [0.1, 0.15) is 0 Å². The molecule has 4 heteroatoms.